The van der Waals surface area contributed by atoms with Crippen LogP contribution in [0.4, 0.5) is 42.1 Å². The van der Waals surface area contributed by atoms with Crippen LogP contribution in [-0.4, -0.2) is 42.5 Å². The molecule has 2 aromatic rings. The smallest absolute Gasteiger partial charge is 0.396 e. The summed E-state index contributed by atoms with van der Waals surface area (Å²) in [7, 11) is 0. The fourth-order valence-electron chi connectivity index (χ4n) is 3.71. The number of amides is 1. The highest BCUT2D eigenvalue weighted by Gasteiger charge is 2.63. The predicted octanol–water partition coefficient (Wildman–Crippen LogP) is 5.47. The average Bonchev–Trinajstić information content (AvgIpc) is 3.10. The van der Waals surface area contributed by atoms with Gasteiger partial charge in [0, 0.05) is 18.4 Å². The van der Waals surface area contributed by atoms with E-state index in [0.717, 1.165) is 17.9 Å². The van der Waals surface area contributed by atoms with Gasteiger partial charge in [-0.1, -0.05) is 0 Å². The molecule has 13 heteroatoms. The largest absolute Gasteiger partial charge is 0.429 e. The number of anilines is 2. The van der Waals surface area contributed by atoms with E-state index in [-0.39, 0.29) is 5.69 Å². The van der Waals surface area contributed by atoms with Gasteiger partial charge in [-0.2, -0.15) is 26.3 Å². The number of halogens is 7. The van der Waals surface area contributed by atoms with E-state index in [4.69, 9.17) is 0 Å². The van der Waals surface area contributed by atoms with Crippen LogP contribution in [0.3, 0.4) is 0 Å². The summed E-state index contributed by atoms with van der Waals surface area (Å²) in [5.41, 5.74) is -3.06. The first-order chi connectivity index (χ1) is 15.4. The van der Waals surface area contributed by atoms with Crippen LogP contribution in [0.25, 0.3) is 0 Å². The van der Waals surface area contributed by atoms with Crippen LogP contribution in [0.5, 0.6) is 5.75 Å². The number of carbonyl (C=O) groups is 1. The molecule has 5 nitrogen and oxygen atoms in total. The van der Waals surface area contributed by atoms with Gasteiger partial charge in [-0.15, -0.1) is 11.8 Å². The van der Waals surface area contributed by atoms with Crippen molar-refractivity contribution in [1.82, 2.24) is 4.98 Å². The van der Waals surface area contributed by atoms with Crippen molar-refractivity contribution in [3.8, 4) is 5.75 Å². The zero-order chi connectivity index (χ0) is 24.6. The maximum Gasteiger partial charge on any atom is 0.396 e. The van der Waals surface area contributed by atoms with Crippen molar-refractivity contribution in [3.63, 3.8) is 0 Å². The Morgan fingerprint density at radius 1 is 1.30 bits per heavy atom. The number of hydrogen-bond donors (Lipinski definition) is 1. The van der Waals surface area contributed by atoms with Crippen LogP contribution < -0.4 is 15.0 Å². The van der Waals surface area contributed by atoms with Crippen molar-refractivity contribution in [2.24, 2.45) is 5.41 Å². The molecule has 1 aromatic heterocycles. The Labute approximate surface area is 188 Å². The van der Waals surface area contributed by atoms with Gasteiger partial charge in [0.25, 0.3) is 0 Å². The van der Waals surface area contributed by atoms with Gasteiger partial charge in [0.1, 0.15) is 6.04 Å². The summed E-state index contributed by atoms with van der Waals surface area (Å²) >= 11 is 1.24. The zero-order valence-electron chi connectivity index (χ0n) is 17.2. The number of thioether (sulfide) groups is 1. The summed E-state index contributed by atoms with van der Waals surface area (Å²) in [6.07, 6.45) is -2.43. The molecule has 1 fully saturated rings. The SMILES string of the molecule is CSc1cc(NC(=O)C2N(c3ccc(F)c(F)c3OC(F)F)CCC2(C)C(F)(F)F)ccn1. The maximum absolute atomic E-state index is 14.3. The first-order valence-corrected chi connectivity index (χ1v) is 10.7. The molecule has 1 N–H and O–H groups in total. The second-order valence-corrected chi connectivity index (χ2v) is 8.25. The van der Waals surface area contributed by atoms with Gasteiger partial charge < -0.3 is 15.0 Å². The third-order valence-electron chi connectivity index (χ3n) is 5.44. The summed E-state index contributed by atoms with van der Waals surface area (Å²) < 4.78 is 99.9. The lowest BCUT2D eigenvalue weighted by atomic mass is 9.81. The summed E-state index contributed by atoms with van der Waals surface area (Å²) in [6.45, 7) is -3.22. The number of hydrogen-bond acceptors (Lipinski definition) is 5. The van der Waals surface area contributed by atoms with E-state index < -0.39 is 66.2 Å². The lowest BCUT2D eigenvalue weighted by Gasteiger charge is -2.36. The number of aromatic nitrogens is 1. The fourth-order valence-corrected chi connectivity index (χ4v) is 4.12. The van der Waals surface area contributed by atoms with Gasteiger partial charge in [0.2, 0.25) is 11.7 Å². The highest BCUT2D eigenvalue weighted by Crippen LogP contribution is 2.52. The number of carbonyl (C=O) groups excluding carboxylic acids is 1. The van der Waals surface area contributed by atoms with E-state index in [0.29, 0.717) is 11.1 Å². The Balaban J connectivity index is 2.08. The molecule has 1 aromatic carbocycles. The molecule has 33 heavy (non-hydrogen) atoms. The Kier molecular flexibility index (Phi) is 7.01. The van der Waals surface area contributed by atoms with E-state index in [2.05, 4.69) is 15.0 Å². The number of nitrogens with one attached hydrogen (secondary N) is 1. The number of benzene rings is 1. The number of alkyl halides is 5. The number of nitrogens with zero attached hydrogens (tertiary/aromatic N) is 2. The van der Waals surface area contributed by atoms with E-state index in [1.165, 1.54) is 30.1 Å². The minimum absolute atomic E-state index is 0.157. The average molecular weight is 497 g/mol. The lowest BCUT2D eigenvalue weighted by molar-refractivity contribution is -0.219. The van der Waals surface area contributed by atoms with E-state index in [1.54, 1.807) is 6.26 Å². The van der Waals surface area contributed by atoms with Crippen LogP contribution in [-0.2, 0) is 4.79 Å². The Hall–Kier alpha value is -2.70. The maximum atomic E-state index is 14.3. The number of ether oxygens (including phenoxy) is 1. The van der Waals surface area contributed by atoms with Crippen molar-refractivity contribution in [3.05, 3.63) is 42.1 Å². The molecule has 2 atom stereocenters. The normalized spacial score (nSPS) is 20.9. The molecule has 0 radical (unpaired) electrons. The molecule has 1 saturated heterocycles. The molecular formula is C20H18F7N3O2S. The lowest BCUT2D eigenvalue weighted by Crippen LogP contribution is -2.53. The van der Waals surface area contributed by atoms with Crippen LogP contribution in [0.1, 0.15) is 13.3 Å². The van der Waals surface area contributed by atoms with Crippen molar-refractivity contribution >= 4 is 29.0 Å². The second-order valence-electron chi connectivity index (χ2n) is 7.43. The third-order valence-corrected chi connectivity index (χ3v) is 6.08. The molecule has 1 aliphatic rings. The molecule has 0 saturated carbocycles. The molecule has 0 aliphatic carbocycles. The standard InChI is InChI=1S/C20H18F7N3O2S/c1-19(20(25,26)27)6-8-30(12-4-3-11(21)14(22)15(12)32-18(23)24)16(19)17(31)29-10-5-7-28-13(9-10)33-2/h3-5,7,9,16,18H,6,8H2,1-2H3,(H,28,29,31). The Bertz CT molecular complexity index is 1040. The van der Waals surface area contributed by atoms with Gasteiger partial charge in [-0.25, -0.2) is 9.37 Å². The van der Waals surface area contributed by atoms with Crippen LogP contribution >= 0.6 is 11.8 Å². The topological polar surface area (TPSA) is 54.5 Å². The third kappa shape index (κ3) is 4.82. The molecule has 0 spiro atoms. The van der Waals surface area contributed by atoms with E-state index in [9.17, 15) is 35.5 Å². The van der Waals surface area contributed by atoms with Crippen LogP contribution in [0, 0.1) is 17.0 Å². The molecule has 0 bridgehead atoms. The molecule has 1 aliphatic heterocycles. The van der Waals surface area contributed by atoms with Crippen molar-refractivity contribution in [2.45, 2.75) is 37.2 Å². The van der Waals surface area contributed by atoms with Gasteiger partial charge in [0.15, 0.2) is 11.6 Å². The minimum atomic E-state index is -4.88. The molecule has 180 valence electrons. The first kappa shape index (κ1) is 24.9. The minimum Gasteiger partial charge on any atom is -0.429 e. The molecule has 1 amide bonds. The molecule has 3 rings (SSSR count). The van der Waals surface area contributed by atoms with Gasteiger partial charge in [-0.3, -0.25) is 4.79 Å². The van der Waals surface area contributed by atoms with Gasteiger partial charge in [-0.05, 0) is 43.9 Å². The molecule has 2 unspecified atom stereocenters. The summed E-state index contributed by atoms with van der Waals surface area (Å²) in [5, 5.41) is 2.87. The Morgan fingerprint density at radius 2 is 2.00 bits per heavy atom. The highest BCUT2D eigenvalue weighted by atomic mass is 32.2. The van der Waals surface area contributed by atoms with Gasteiger partial charge in [0.05, 0.1) is 16.1 Å². The molecule has 2 heterocycles. The van der Waals surface area contributed by atoms with Crippen molar-refractivity contribution in [1.29, 1.82) is 0 Å². The number of rotatable bonds is 6. The monoisotopic (exact) mass is 497 g/mol. The zero-order valence-corrected chi connectivity index (χ0v) is 18.0. The Morgan fingerprint density at radius 3 is 2.61 bits per heavy atom. The predicted molar refractivity (Wildman–Crippen MR) is 108 cm³/mol. The summed E-state index contributed by atoms with van der Waals surface area (Å²) in [6, 6.07) is 2.18. The first-order valence-electron chi connectivity index (χ1n) is 9.46. The van der Waals surface area contributed by atoms with E-state index >= 15 is 0 Å². The summed E-state index contributed by atoms with van der Waals surface area (Å²) in [5.74, 6) is -5.72. The summed E-state index contributed by atoms with van der Waals surface area (Å²) in [4.78, 5) is 17.9. The quantitative estimate of drug-likeness (QED) is 0.424. The number of pyridine rings is 1. The van der Waals surface area contributed by atoms with Crippen molar-refractivity contribution in [2.75, 3.05) is 23.0 Å². The molecular weight excluding hydrogens is 479 g/mol. The van der Waals surface area contributed by atoms with Crippen LogP contribution in [0.2, 0.25) is 0 Å². The van der Waals surface area contributed by atoms with Crippen molar-refractivity contribution < 1.29 is 40.3 Å². The van der Waals surface area contributed by atoms with Crippen LogP contribution in [0.15, 0.2) is 35.5 Å². The second kappa shape index (κ2) is 9.27. The highest BCUT2D eigenvalue weighted by molar-refractivity contribution is 7.98. The van der Waals surface area contributed by atoms with E-state index in [1.807, 2.05) is 0 Å². The van der Waals surface area contributed by atoms with Gasteiger partial charge >= 0.3 is 12.8 Å². The fraction of sp³-hybridized carbons (Fsp3) is 0.400.